The Balaban J connectivity index is 1.83. The van der Waals surface area contributed by atoms with Crippen LogP contribution >= 0.6 is 0 Å². The van der Waals surface area contributed by atoms with E-state index in [1.54, 1.807) is 32.4 Å². The number of carbonyl (C=O) groups excluding carboxylic acids is 1. The van der Waals surface area contributed by atoms with Crippen LogP contribution in [0.2, 0.25) is 0 Å². The topological polar surface area (TPSA) is 76.1 Å². The number of nitrogens with zero attached hydrogens (tertiary/aromatic N) is 1. The summed E-state index contributed by atoms with van der Waals surface area (Å²) in [6, 6.07) is 13.0. The van der Waals surface area contributed by atoms with Gasteiger partial charge in [0.15, 0.2) is 0 Å². The number of amides is 1. The van der Waals surface area contributed by atoms with Gasteiger partial charge in [0.25, 0.3) is 0 Å². The molecule has 1 aliphatic carbocycles. The summed E-state index contributed by atoms with van der Waals surface area (Å²) in [6.07, 6.45) is 0.645. The zero-order valence-electron chi connectivity index (χ0n) is 14.8. The first-order chi connectivity index (χ1) is 12.5. The summed E-state index contributed by atoms with van der Waals surface area (Å²) in [6.45, 7) is -0.172. The molecule has 6 nitrogen and oxygen atoms in total. The second kappa shape index (κ2) is 7.47. The number of rotatable bonds is 7. The molecule has 26 heavy (non-hydrogen) atoms. The van der Waals surface area contributed by atoms with Crippen LogP contribution in [0.25, 0.3) is 0 Å². The number of hydrogen-bond donors (Lipinski definition) is 1. The third-order valence-electron chi connectivity index (χ3n) is 4.58. The number of carboxylic acid groups (broad SMARTS) is 1. The van der Waals surface area contributed by atoms with Crippen molar-refractivity contribution in [1.29, 1.82) is 0 Å². The van der Waals surface area contributed by atoms with Crippen LogP contribution < -0.4 is 9.47 Å². The van der Waals surface area contributed by atoms with Gasteiger partial charge in [0.05, 0.1) is 20.1 Å². The minimum absolute atomic E-state index is 0.173. The van der Waals surface area contributed by atoms with Crippen molar-refractivity contribution >= 4 is 11.9 Å². The molecule has 0 aromatic heterocycles. The van der Waals surface area contributed by atoms with Crippen molar-refractivity contribution in [3.05, 3.63) is 59.2 Å². The molecule has 0 heterocycles. The highest BCUT2D eigenvalue weighted by atomic mass is 16.5. The van der Waals surface area contributed by atoms with Gasteiger partial charge in [0.1, 0.15) is 18.0 Å². The molecule has 1 N–H and O–H groups in total. The van der Waals surface area contributed by atoms with Gasteiger partial charge in [-0.1, -0.05) is 24.3 Å². The molecule has 3 rings (SSSR count). The minimum Gasteiger partial charge on any atom is -0.497 e. The van der Waals surface area contributed by atoms with E-state index in [0.717, 1.165) is 16.7 Å². The molecular weight excluding hydrogens is 334 g/mol. The van der Waals surface area contributed by atoms with Crippen molar-refractivity contribution in [2.75, 3.05) is 20.8 Å². The molecule has 0 fully saturated rings. The van der Waals surface area contributed by atoms with Crippen LogP contribution in [0.5, 0.6) is 11.5 Å². The highest BCUT2D eigenvalue weighted by Crippen LogP contribution is 2.36. The number of fused-ring (bicyclic) bond motifs is 1. The van der Waals surface area contributed by atoms with Gasteiger partial charge in [0.2, 0.25) is 5.91 Å². The largest absolute Gasteiger partial charge is 0.497 e. The SMILES string of the molecule is COc1cc(CN(CC(=O)O)C(=O)C2Cc3ccccc32)cc(OC)c1. The monoisotopic (exact) mass is 355 g/mol. The summed E-state index contributed by atoms with van der Waals surface area (Å²) < 4.78 is 10.5. The predicted molar refractivity (Wildman–Crippen MR) is 95.5 cm³/mol. The fourth-order valence-electron chi connectivity index (χ4n) is 3.25. The van der Waals surface area contributed by atoms with E-state index in [-0.39, 0.29) is 24.9 Å². The average molecular weight is 355 g/mol. The van der Waals surface area contributed by atoms with Gasteiger partial charge in [-0.25, -0.2) is 0 Å². The summed E-state index contributed by atoms with van der Waals surface area (Å²) >= 11 is 0. The van der Waals surface area contributed by atoms with Crippen molar-refractivity contribution in [1.82, 2.24) is 4.90 Å². The van der Waals surface area contributed by atoms with Crippen molar-refractivity contribution in [3.8, 4) is 11.5 Å². The van der Waals surface area contributed by atoms with E-state index < -0.39 is 5.97 Å². The lowest BCUT2D eigenvalue weighted by molar-refractivity contribution is -0.145. The average Bonchev–Trinajstić information content (AvgIpc) is 2.61. The number of carbonyl (C=O) groups is 2. The lowest BCUT2D eigenvalue weighted by Gasteiger charge is -2.33. The first-order valence-electron chi connectivity index (χ1n) is 8.32. The maximum atomic E-state index is 12.9. The lowest BCUT2D eigenvalue weighted by atomic mass is 9.77. The van der Waals surface area contributed by atoms with Crippen LogP contribution in [0.4, 0.5) is 0 Å². The van der Waals surface area contributed by atoms with E-state index in [1.807, 2.05) is 24.3 Å². The Kier molecular flexibility index (Phi) is 5.11. The second-order valence-corrected chi connectivity index (χ2v) is 6.26. The number of methoxy groups -OCH3 is 2. The Labute approximate surface area is 152 Å². The number of aliphatic carboxylic acids is 1. The number of benzene rings is 2. The fourth-order valence-corrected chi connectivity index (χ4v) is 3.25. The van der Waals surface area contributed by atoms with Crippen LogP contribution in [-0.4, -0.2) is 42.6 Å². The van der Waals surface area contributed by atoms with Crippen molar-refractivity contribution in [2.24, 2.45) is 0 Å². The molecule has 1 amide bonds. The van der Waals surface area contributed by atoms with Gasteiger partial charge >= 0.3 is 5.97 Å². The van der Waals surface area contributed by atoms with Gasteiger partial charge in [-0.3, -0.25) is 9.59 Å². The summed E-state index contributed by atoms with van der Waals surface area (Å²) in [5.74, 6) is -0.307. The molecule has 136 valence electrons. The summed E-state index contributed by atoms with van der Waals surface area (Å²) in [5.41, 5.74) is 2.88. The molecule has 1 atom stereocenters. The Bertz CT molecular complexity index is 810. The highest BCUT2D eigenvalue weighted by Gasteiger charge is 2.35. The van der Waals surface area contributed by atoms with Crippen molar-refractivity contribution in [2.45, 2.75) is 18.9 Å². The molecule has 1 unspecified atom stereocenters. The molecule has 0 aliphatic heterocycles. The quantitative estimate of drug-likeness (QED) is 0.826. The standard InChI is InChI=1S/C20H21NO5/c1-25-15-7-13(8-16(10-15)26-2)11-21(12-19(22)23)20(24)18-9-14-5-3-4-6-17(14)18/h3-8,10,18H,9,11-12H2,1-2H3,(H,22,23). The molecule has 0 bridgehead atoms. The van der Waals surface area contributed by atoms with E-state index in [9.17, 15) is 14.7 Å². The summed E-state index contributed by atoms with van der Waals surface area (Å²) in [5, 5.41) is 9.24. The number of hydrogen-bond acceptors (Lipinski definition) is 4. The molecule has 0 radical (unpaired) electrons. The Hall–Kier alpha value is -3.02. The van der Waals surface area contributed by atoms with Crippen LogP contribution in [0, 0.1) is 0 Å². The molecule has 6 heteroatoms. The van der Waals surface area contributed by atoms with Crippen LogP contribution in [-0.2, 0) is 22.6 Å². The fraction of sp³-hybridized carbons (Fsp3) is 0.300. The maximum Gasteiger partial charge on any atom is 0.323 e. The van der Waals surface area contributed by atoms with E-state index >= 15 is 0 Å². The van der Waals surface area contributed by atoms with E-state index in [4.69, 9.17) is 9.47 Å². The molecule has 0 saturated heterocycles. The second-order valence-electron chi connectivity index (χ2n) is 6.26. The zero-order valence-corrected chi connectivity index (χ0v) is 14.8. The van der Waals surface area contributed by atoms with Crippen LogP contribution in [0.3, 0.4) is 0 Å². The molecule has 2 aromatic carbocycles. The Morgan fingerprint density at radius 3 is 2.35 bits per heavy atom. The smallest absolute Gasteiger partial charge is 0.323 e. The lowest BCUT2D eigenvalue weighted by Crippen LogP contribution is -2.41. The van der Waals surface area contributed by atoms with E-state index in [2.05, 4.69) is 0 Å². The van der Waals surface area contributed by atoms with Gasteiger partial charge in [-0.15, -0.1) is 0 Å². The number of ether oxygens (including phenoxy) is 2. The summed E-state index contributed by atoms with van der Waals surface area (Å²) in [7, 11) is 3.09. The van der Waals surface area contributed by atoms with Crippen LogP contribution in [0.15, 0.2) is 42.5 Å². The number of carboxylic acids is 1. The first-order valence-corrected chi connectivity index (χ1v) is 8.32. The molecular formula is C20H21NO5. The third-order valence-corrected chi connectivity index (χ3v) is 4.58. The first kappa shape index (κ1) is 17.8. The van der Waals surface area contributed by atoms with Gasteiger partial charge in [-0.05, 0) is 35.2 Å². The predicted octanol–water partition coefficient (Wildman–Crippen LogP) is 2.46. The molecule has 0 spiro atoms. The molecule has 2 aromatic rings. The van der Waals surface area contributed by atoms with E-state index in [1.165, 1.54) is 4.90 Å². The van der Waals surface area contributed by atoms with Gasteiger partial charge in [0, 0.05) is 12.6 Å². The van der Waals surface area contributed by atoms with Crippen molar-refractivity contribution in [3.63, 3.8) is 0 Å². The zero-order chi connectivity index (χ0) is 18.7. The van der Waals surface area contributed by atoms with Gasteiger partial charge < -0.3 is 19.5 Å². The normalized spacial score (nSPS) is 14.8. The highest BCUT2D eigenvalue weighted by molar-refractivity contribution is 5.89. The Morgan fingerprint density at radius 1 is 1.12 bits per heavy atom. The summed E-state index contributed by atoms with van der Waals surface area (Å²) in [4.78, 5) is 25.6. The van der Waals surface area contributed by atoms with E-state index in [0.29, 0.717) is 17.9 Å². The van der Waals surface area contributed by atoms with Crippen LogP contribution in [0.1, 0.15) is 22.6 Å². The minimum atomic E-state index is -1.04. The maximum absolute atomic E-state index is 12.9. The third kappa shape index (κ3) is 3.64. The van der Waals surface area contributed by atoms with Crippen molar-refractivity contribution < 1.29 is 24.2 Å². The Morgan fingerprint density at radius 2 is 1.77 bits per heavy atom. The molecule has 1 aliphatic rings. The molecule has 0 saturated carbocycles. The van der Waals surface area contributed by atoms with Gasteiger partial charge in [-0.2, -0.15) is 0 Å².